The number of carbonyl (C=O) groups is 1. The van der Waals surface area contributed by atoms with Crippen molar-refractivity contribution in [2.24, 2.45) is 0 Å². The average molecular weight is 265 g/mol. The van der Waals surface area contributed by atoms with E-state index in [2.05, 4.69) is 10.5 Å². The van der Waals surface area contributed by atoms with Crippen molar-refractivity contribution >= 4 is 12.0 Å². The minimum Gasteiger partial charge on any atom is -0.444 e. The summed E-state index contributed by atoms with van der Waals surface area (Å²) in [6, 6.07) is 1.99. The molecule has 0 radical (unpaired) electrons. The van der Waals surface area contributed by atoms with E-state index in [1.165, 1.54) is 0 Å². The molecule has 1 amide bonds. The lowest BCUT2D eigenvalue weighted by Gasteiger charge is -2.19. The van der Waals surface area contributed by atoms with Gasteiger partial charge in [0, 0.05) is 5.41 Å². The van der Waals surface area contributed by atoms with Gasteiger partial charge in [-0.05, 0) is 20.8 Å². The molecular formula is C13H19N3O3. The van der Waals surface area contributed by atoms with Crippen molar-refractivity contribution in [2.45, 2.75) is 52.6 Å². The molecule has 0 aliphatic rings. The lowest BCUT2D eigenvalue weighted by molar-refractivity contribution is 0.0631. The maximum absolute atomic E-state index is 11.6. The van der Waals surface area contributed by atoms with Crippen LogP contribution in [-0.2, 0) is 10.2 Å². The van der Waals surface area contributed by atoms with Crippen molar-refractivity contribution in [1.82, 2.24) is 5.16 Å². The monoisotopic (exact) mass is 265 g/mol. The van der Waals surface area contributed by atoms with E-state index in [9.17, 15) is 4.79 Å². The molecule has 0 fully saturated rings. The third-order valence-corrected chi connectivity index (χ3v) is 2.13. The Morgan fingerprint density at radius 1 is 1.32 bits per heavy atom. The van der Waals surface area contributed by atoms with E-state index in [4.69, 9.17) is 14.5 Å². The van der Waals surface area contributed by atoms with Crippen molar-refractivity contribution in [2.75, 3.05) is 5.32 Å². The maximum atomic E-state index is 11.6. The number of ether oxygens (including phenoxy) is 1. The van der Waals surface area contributed by atoms with Gasteiger partial charge in [0.25, 0.3) is 5.88 Å². The Balaban J connectivity index is 2.96. The summed E-state index contributed by atoms with van der Waals surface area (Å²) in [5.74, 6) is 0.0154. The van der Waals surface area contributed by atoms with E-state index in [0.717, 1.165) is 0 Å². The Labute approximate surface area is 112 Å². The Hall–Kier alpha value is -2.03. The fourth-order valence-electron chi connectivity index (χ4n) is 1.39. The molecule has 1 N–H and O–H groups in total. The van der Waals surface area contributed by atoms with E-state index in [1.807, 2.05) is 26.8 Å². The summed E-state index contributed by atoms with van der Waals surface area (Å²) in [6.45, 7) is 11.0. The van der Waals surface area contributed by atoms with E-state index in [1.54, 1.807) is 20.8 Å². The van der Waals surface area contributed by atoms with Gasteiger partial charge in [-0.2, -0.15) is 5.26 Å². The van der Waals surface area contributed by atoms with Gasteiger partial charge in [-0.3, -0.25) is 5.32 Å². The van der Waals surface area contributed by atoms with Crippen molar-refractivity contribution in [1.29, 1.82) is 5.26 Å². The molecule has 0 saturated heterocycles. The van der Waals surface area contributed by atoms with Gasteiger partial charge in [-0.15, -0.1) is 0 Å². The first kappa shape index (κ1) is 15.0. The first-order valence-electron chi connectivity index (χ1n) is 5.95. The number of nitrogens with one attached hydrogen (secondary N) is 1. The van der Waals surface area contributed by atoms with Crippen LogP contribution in [0.1, 0.15) is 52.8 Å². The van der Waals surface area contributed by atoms with Crippen molar-refractivity contribution in [3.05, 3.63) is 11.3 Å². The summed E-state index contributed by atoms with van der Waals surface area (Å²) >= 11 is 0. The lowest BCUT2D eigenvalue weighted by atomic mass is 9.89. The van der Waals surface area contributed by atoms with E-state index >= 15 is 0 Å². The highest BCUT2D eigenvalue weighted by atomic mass is 16.6. The molecule has 19 heavy (non-hydrogen) atoms. The van der Waals surface area contributed by atoms with Gasteiger partial charge < -0.3 is 9.26 Å². The van der Waals surface area contributed by atoms with Crippen LogP contribution in [0.5, 0.6) is 0 Å². The molecule has 6 heteroatoms. The van der Waals surface area contributed by atoms with Gasteiger partial charge in [0.15, 0.2) is 0 Å². The lowest BCUT2D eigenvalue weighted by Crippen LogP contribution is -2.27. The van der Waals surface area contributed by atoms with E-state index in [-0.39, 0.29) is 16.9 Å². The van der Waals surface area contributed by atoms with Crippen molar-refractivity contribution in [3.8, 4) is 6.07 Å². The number of hydrogen-bond donors (Lipinski definition) is 1. The van der Waals surface area contributed by atoms with Gasteiger partial charge >= 0.3 is 6.09 Å². The largest absolute Gasteiger partial charge is 0.444 e. The van der Waals surface area contributed by atoms with Gasteiger partial charge in [0.1, 0.15) is 22.9 Å². The number of hydrogen-bond acceptors (Lipinski definition) is 5. The van der Waals surface area contributed by atoms with Gasteiger partial charge in [0.2, 0.25) is 0 Å². The molecule has 1 aromatic rings. The van der Waals surface area contributed by atoms with Gasteiger partial charge in [0.05, 0.1) is 0 Å². The number of aromatic nitrogens is 1. The Morgan fingerprint density at radius 3 is 2.32 bits per heavy atom. The third kappa shape index (κ3) is 3.98. The van der Waals surface area contributed by atoms with Crippen LogP contribution in [0.2, 0.25) is 0 Å². The molecule has 104 valence electrons. The zero-order valence-electron chi connectivity index (χ0n) is 12.1. The smallest absolute Gasteiger partial charge is 0.414 e. The molecule has 0 aromatic carbocycles. The van der Waals surface area contributed by atoms with Crippen LogP contribution in [0, 0.1) is 11.3 Å². The van der Waals surface area contributed by atoms with Crippen molar-refractivity contribution in [3.63, 3.8) is 0 Å². The molecular weight excluding hydrogens is 246 g/mol. The summed E-state index contributed by atoms with van der Waals surface area (Å²) in [5, 5.41) is 15.4. The predicted molar refractivity (Wildman–Crippen MR) is 69.8 cm³/mol. The number of rotatable bonds is 1. The highest BCUT2D eigenvalue weighted by Gasteiger charge is 2.28. The molecule has 0 aliphatic heterocycles. The Bertz CT molecular complexity index is 513. The molecule has 0 aliphatic carbocycles. The van der Waals surface area contributed by atoms with Crippen LogP contribution < -0.4 is 5.32 Å². The molecule has 6 nitrogen and oxygen atoms in total. The number of nitriles is 1. The van der Waals surface area contributed by atoms with Gasteiger partial charge in [-0.1, -0.05) is 25.9 Å². The highest BCUT2D eigenvalue weighted by Crippen LogP contribution is 2.29. The summed E-state index contributed by atoms with van der Waals surface area (Å²) in [5.41, 5.74) is -0.244. The molecule has 0 unspecified atom stereocenters. The van der Waals surface area contributed by atoms with E-state index < -0.39 is 11.7 Å². The molecule has 1 aromatic heterocycles. The normalized spacial score (nSPS) is 11.8. The minimum absolute atomic E-state index is 0.0154. The van der Waals surface area contributed by atoms with E-state index in [0.29, 0.717) is 5.69 Å². The van der Waals surface area contributed by atoms with Crippen LogP contribution >= 0.6 is 0 Å². The van der Waals surface area contributed by atoms with Gasteiger partial charge in [-0.25, -0.2) is 4.79 Å². The quantitative estimate of drug-likeness (QED) is 0.842. The number of amides is 1. The first-order chi connectivity index (χ1) is 8.54. The first-order valence-corrected chi connectivity index (χ1v) is 5.95. The van der Waals surface area contributed by atoms with Crippen LogP contribution in [-0.4, -0.2) is 16.9 Å². The standard InChI is InChI=1S/C13H19N3O3/c1-12(2,3)9-8(7-14)10(19-16-9)15-11(17)18-13(4,5)6/h1-6H3,(H,15,17). The second kappa shape index (κ2) is 4.92. The SMILES string of the molecule is CC(C)(C)OC(=O)Nc1onc(C(C)(C)C)c1C#N. The predicted octanol–water partition coefficient (Wildman–Crippen LogP) is 3.19. The fourth-order valence-corrected chi connectivity index (χ4v) is 1.39. The molecule has 1 rings (SSSR count). The molecule has 0 spiro atoms. The average Bonchev–Trinajstić information content (AvgIpc) is 2.56. The van der Waals surface area contributed by atoms with Crippen LogP contribution in [0.15, 0.2) is 4.52 Å². The summed E-state index contributed by atoms with van der Waals surface area (Å²) in [7, 11) is 0. The zero-order chi connectivity index (χ0) is 14.8. The zero-order valence-corrected chi connectivity index (χ0v) is 12.1. The molecule has 0 saturated carbocycles. The number of anilines is 1. The highest BCUT2D eigenvalue weighted by molar-refractivity contribution is 5.84. The third-order valence-electron chi connectivity index (χ3n) is 2.13. The summed E-state index contributed by atoms with van der Waals surface area (Å²) < 4.78 is 10.1. The van der Waals surface area contributed by atoms with Crippen LogP contribution in [0.4, 0.5) is 10.7 Å². The molecule has 0 atom stereocenters. The fraction of sp³-hybridized carbons (Fsp3) is 0.615. The summed E-state index contributed by atoms with van der Waals surface area (Å²) in [6.07, 6.45) is -0.680. The van der Waals surface area contributed by atoms with Crippen molar-refractivity contribution < 1.29 is 14.1 Å². The molecule has 0 bridgehead atoms. The second-order valence-electron chi connectivity index (χ2n) is 6.22. The Morgan fingerprint density at radius 2 is 1.89 bits per heavy atom. The van der Waals surface area contributed by atoms with Crippen LogP contribution in [0.25, 0.3) is 0 Å². The number of nitrogens with zero attached hydrogens (tertiary/aromatic N) is 2. The molecule has 1 heterocycles. The van der Waals surface area contributed by atoms with Crippen LogP contribution in [0.3, 0.4) is 0 Å². The maximum Gasteiger partial charge on any atom is 0.414 e. The minimum atomic E-state index is -0.680. The summed E-state index contributed by atoms with van der Waals surface area (Å²) in [4.78, 5) is 11.6. The number of carbonyl (C=O) groups excluding carboxylic acids is 1. The topological polar surface area (TPSA) is 88.2 Å². The second-order valence-corrected chi connectivity index (χ2v) is 6.22. The Kier molecular flexibility index (Phi) is 3.89.